The van der Waals surface area contributed by atoms with Crippen LogP contribution in [0.3, 0.4) is 0 Å². The summed E-state index contributed by atoms with van der Waals surface area (Å²) in [6, 6.07) is -0.357. The molecule has 8 nitrogen and oxygen atoms in total. The molecule has 1 amide bonds. The maximum Gasteiger partial charge on any atom is 0.358 e. The van der Waals surface area contributed by atoms with Crippen LogP contribution >= 0.6 is 0 Å². The molecule has 1 aliphatic rings. The fourth-order valence-corrected chi connectivity index (χ4v) is 2.18. The smallest absolute Gasteiger partial charge is 0.358 e. The molecular weight excluding hydrogens is 262 g/mol. The van der Waals surface area contributed by atoms with E-state index in [-0.39, 0.29) is 17.5 Å². The van der Waals surface area contributed by atoms with E-state index < -0.39 is 5.97 Å². The van der Waals surface area contributed by atoms with Crippen molar-refractivity contribution in [3.8, 4) is 0 Å². The molecule has 8 heteroatoms. The van der Waals surface area contributed by atoms with E-state index in [1.54, 1.807) is 12.1 Å². The minimum atomic E-state index is -1.14. The lowest BCUT2D eigenvalue weighted by Gasteiger charge is -2.35. The Balaban J connectivity index is 2.22. The monoisotopic (exact) mass is 281 g/mol. The van der Waals surface area contributed by atoms with E-state index in [0.717, 1.165) is 25.7 Å². The maximum absolute atomic E-state index is 11.9. The number of hydrazine groups is 2. The summed E-state index contributed by atoms with van der Waals surface area (Å²) in [5, 5.41) is 12.1. The van der Waals surface area contributed by atoms with Gasteiger partial charge in [0.2, 0.25) is 0 Å². The number of carboxylic acid groups (broad SMARTS) is 1. The second-order valence-electron chi connectivity index (χ2n) is 4.75. The van der Waals surface area contributed by atoms with Gasteiger partial charge in [0.1, 0.15) is 6.33 Å². The lowest BCUT2D eigenvalue weighted by atomic mass is 10.2. The number of aromatic carboxylic acids is 1. The van der Waals surface area contributed by atoms with Crippen LogP contribution in [0, 0.1) is 0 Å². The third-order valence-corrected chi connectivity index (χ3v) is 3.20. The molecule has 0 aromatic carbocycles. The van der Waals surface area contributed by atoms with Crippen LogP contribution in [0.4, 0.5) is 10.6 Å². The van der Waals surface area contributed by atoms with Gasteiger partial charge in [-0.1, -0.05) is 26.2 Å². The molecule has 2 N–H and O–H groups in total. The Kier molecular flexibility index (Phi) is 4.23. The Labute approximate surface area is 116 Å². The van der Waals surface area contributed by atoms with Crippen LogP contribution in [-0.2, 0) is 0 Å². The fraction of sp³-hybridized carbons (Fsp3) is 0.583. The van der Waals surface area contributed by atoms with Crippen molar-refractivity contribution in [2.45, 2.75) is 32.6 Å². The van der Waals surface area contributed by atoms with Gasteiger partial charge in [0.15, 0.2) is 11.5 Å². The Hall–Kier alpha value is -2.09. The van der Waals surface area contributed by atoms with E-state index in [1.165, 1.54) is 15.9 Å². The highest BCUT2D eigenvalue weighted by Gasteiger charge is 2.32. The zero-order chi connectivity index (χ0) is 14.7. The van der Waals surface area contributed by atoms with Crippen LogP contribution in [-0.4, -0.2) is 45.3 Å². The summed E-state index contributed by atoms with van der Waals surface area (Å²) >= 11 is 0. The van der Waals surface area contributed by atoms with E-state index >= 15 is 0 Å². The molecule has 0 aliphatic carbocycles. The lowest BCUT2D eigenvalue weighted by molar-refractivity contribution is 0.0691. The number of nitrogens with zero attached hydrogens (tertiary/aromatic N) is 4. The largest absolute Gasteiger partial charge is 0.476 e. The second kappa shape index (κ2) is 5.91. The number of aromatic nitrogens is 2. The van der Waals surface area contributed by atoms with E-state index in [1.807, 2.05) is 0 Å². The third kappa shape index (κ3) is 2.60. The minimum absolute atomic E-state index is 0.116. The van der Waals surface area contributed by atoms with E-state index in [9.17, 15) is 9.59 Å². The molecule has 110 valence electrons. The van der Waals surface area contributed by atoms with E-state index in [4.69, 9.17) is 5.11 Å². The molecule has 0 saturated heterocycles. The molecule has 0 spiro atoms. The molecule has 0 fully saturated rings. The van der Waals surface area contributed by atoms with Gasteiger partial charge in [-0.25, -0.2) is 24.1 Å². The molecule has 20 heavy (non-hydrogen) atoms. The first-order valence-electron chi connectivity index (χ1n) is 6.68. The summed E-state index contributed by atoms with van der Waals surface area (Å²) in [6.45, 7) is 2.74. The summed E-state index contributed by atoms with van der Waals surface area (Å²) in [7, 11) is 1.59. The van der Waals surface area contributed by atoms with Gasteiger partial charge in [-0.05, 0) is 6.42 Å². The van der Waals surface area contributed by atoms with Crippen molar-refractivity contribution >= 4 is 17.8 Å². The Morgan fingerprint density at radius 2 is 2.15 bits per heavy atom. The van der Waals surface area contributed by atoms with Gasteiger partial charge in [0.25, 0.3) is 0 Å². The number of hydrogen-bond donors (Lipinski definition) is 2. The van der Waals surface area contributed by atoms with Gasteiger partial charge in [0.05, 0.1) is 0 Å². The number of rotatable bonds is 6. The third-order valence-electron chi connectivity index (χ3n) is 3.20. The number of nitrogens with one attached hydrogen (secondary N) is 1. The molecule has 1 aliphatic heterocycles. The zero-order valence-corrected chi connectivity index (χ0v) is 11.7. The van der Waals surface area contributed by atoms with Crippen molar-refractivity contribution in [3.63, 3.8) is 0 Å². The topological polar surface area (TPSA) is 90.7 Å². The predicted octanol–water partition coefficient (Wildman–Crippen LogP) is 1.30. The van der Waals surface area contributed by atoms with Crippen molar-refractivity contribution in [3.05, 3.63) is 12.0 Å². The second-order valence-corrected chi connectivity index (χ2v) is 4.75. The van der Waals surface area contributed by atoms with Crippen LogP contribution in [0.2, 0.25) is 0 Å². The van der Waals surface area contributed by atoms with Crippen molar-refractivity contribution in [2.75, 3.05) is 18.6 Å². The highest BCUT2D eigenvalue weighted by molar-refractivity contribution is 5.95. The van der Waals surface area contributed by atoms with Crippen molar-refractivity contribution in [2.24, 2.45) is 0 Å². The molecule has 0 bridgehead atoms. The number of hydrogen-bond acceptors (Lipinski definition) is 5. The zero-order valence-electron chi connectivity index (χ0n) is 11.7. The summed E-state index contributed by atoms with van der Waals surface area (Å²) in [5.74, 6) is -0.853. The molecule has 0 radical (unpaired) electrons. The molecule has 0 atom stereocenters. The number of carbonyl (C=O) groups is 2. The average molecular weight is 281 g/mol. The van der Waals surface area contributed by atoms with Gasteiger partial charge in [-0.3, -0.25) is 5.01 Å². The first-order valence-corrected chi connectivity index (χ1v) is 6.68. The molecule has 1 aromatic heterocycles. The number of anilines is 1. The minimum Gasteiger partial charge on any atom is -0.476 e. The predicted molar refractivity (Wildman–Crippen MR) is 72.4 cm³/mol. The number of fused-ring (bicyclic) bond motifs is 1. The number of imidazole rings is 1. The van der Waals surface area contributed by atoms with Gasteiger partial charge in [-0.15, -0.1) is 5.53 Å². The van der Waals surface area contributed by atoms with Gasteiger partial charge in [-0.2, -0.15) is 0 Å². The number of carboxylic acids is 1. The lowest BCUT2D eigenvalue weighted by Crippen LogP contribution is -2.57. The maximum atomic E-state index is 11.9. The first-order chi connectivity index (χ1) is 9.56. The molecule has 0 saturated carbocycles. The van der Waals surface area contributed by atoms with Crippen molar-refractivity contribution < 1.29 is 14.7 Å². The highest BCUT2D eigenvalue weighted by Crippen LogP contribution is 2.23. The van der Waals surface area contributed by atoms with Crippen molar-refractivity contribution in [1.82, 2.24) is 20.1 Å². The first kappa shape index (κ1) is 14.3. The fourth-order valence-electron chi connectivity index (χ4n) is 2.18. The van der Waals surface area contributed by atoms with Crippen molar-refractivity contribution in [1.29, 1.82) is 0 Å². The standard InChI is InChI=1S/C12H19N5O3/c1-3-4-5-6-7-17-10-9(11(18)19)13-8-16(10)12(20)15(2)14-17/h8,14H,3-7H2,1-2H3,(H,18,19). The summed E-state index contributed by atoms with van der Waals surface area (Å²) in [4.78, 5) is 26.9. The molecule has 0 unspecified atom stereocenters. The summed E-state index contributed by atoms with van der Waals surface area (Å²) < 4.78 is 1.25. The Bertz CT molecular complexity index is 513. The van der Waals surface area contributed by atoms with Gasteiger partial charge >= 0.3 is 12.0 Å². The Morgan fingerprint density at radius 3 is 2.80 bits per heavy atom. The molecule has 2 heterocycles. The number of amides is 1. The van der Waals surface area contributed by atoms with Crippen LogP contribution in [0.25, 0.3) is 0 Å². The molecular formula is C12H19N5O3. The quantitative estimate of drug-likeness (QED) is 0.764. The Morgan fingerprint density at radius 1 is 1.40 bits per heavy atom. The summed E-state index contributed by atoms with van der Waals surface area (Å²) in [5.41, 5.74) is 2.76. The molecule has 2 rings (SSSR count). The number of unbranched alkanes of at least 4 members (excludes halogenated alkanes) is 3. The van der Waals surface area contributed by atoms with Gasteiger partial charge < -0.3 is 5.11 Å². The SMILES string of the molecule is CCCCCCN1NN(C)C(=O)n2cnc(C(=O)O)c21. The van der Waals surface area contributed by atoms with Crippen LogP contribution in [0.15, 0.2) is 6.33 Å². The number of carbonyl (C=O) groups excluding carboxylic acids is 1. The normalized spacial score (nSPS) is 14.6. The highest BCUT2D eigenvalue weighted by atomic mass is 16.4. The average Bonchev–Trinajstić information content (AvgIpc) is 2.85. The van der Waals surface area contributed by atoms with Crippen LogP contribution in [0.1, 0.15) is 43.1 Å². The van der Waals surface area contributed by atoms with Crippen LogP contribution in [0.5, 0.6) is 0 Å². The summed E-state index contributed by atoms with van der Waals surface area (Å²) in [6.07, 6.45) is 5.48. The van der Waals surface area contributed by atoms with Crippen LogP contribution < -0.4 is 10.5 Å². The van der Waals surface area contributed by atoms with E-state index in [2.05, 4.69) is 17.4 Å². The molecule has 1 aromatic rings. The van der Waals surface area contributed by atoms with Gasteiger partial charge in [0, 0.05) is 13.6 Å². The van der Waals surface area contributed by atoms with E-state index in [0.29, 0.717) is 6.54 Å².